The summed E-state index contributed by atoms with van der Waals surface area (Å²) in [6.07, 6.45) is 0. The van der Waals surface area contributed by atoms with Gasteiger partial charge in [0.1, 0.15) is 0 Å². The van der Waals surface area contributed by atoms with E-state index in [-0.39, 0.29) is 16.8 Å². The molecule has 0 radical (unpaired) electrons. The van der Waals surface area contributed by atoms with Crippen LogP contribution in [0.5, 0.6) is 0 Å². The quantitative estimate of drug-likeness (QED) is 0.475. The lowest BCUT2D eigenvalue weighted by Crippen LogP contribution is -2.29. The first kappa shape index (κ1) is 13.4. The zero-order valence-corrected chi connectivity index (χ0v) is 12.0. The van der Waals surface area contributed by atoms with Crippen molar-refractivity contribution in [3.8, 4) is 0 Å². The molecule has 0 saturated heterocycles. The zero-order chi connectivity index (χ0) is 15.1. The second-order valence-electron chi connectivity index (χ2n) is 4.41. The molecule has 104 valence electrons. The smallest absolute Gasteiger partial charge is 0.268 e. The molecular formula is C14H7BrN2O4. The van der Waals surface area contributed by atoms with E-state index < -0.39 is 16.7 Å². The van der Waals surface area contributed by atoms with Crippen molar-refractivity contribution in [1.29, 1.82) is 0 Å². The van der Waals surface area contributed by atoms with Gasteiger partial charge in [-0.2, -0.15) is 0 Å². The Morgan fingerprint density at radius 3 is 2.38 bits per heavy atom. The molecule has 0 atom stereocenters. The van der Waals surface area contributed by atoms with Gasteiger partial charge in [0.2, 0.25) is 0 Å². The number of carbonyl (C=O) groups is 2. The molecule has 0 spiro atoms. The topological polar surface area (TPSA) is 80.5 Å². The van der Waals surface area contributed by atoms with Gasteiger partial charge in [-0.3, -0.25) is 19.7 Å². The van der Waals surface area contributed by atoms with Crippen LogP contribution >= 0.6 is 15.9 Å². The van der Waals surface area contributed by atoms with Crippen LogP contribution < -0.4 is 4.90 Å². The highest BCUT2D eigenvalue weighted by atomic mass is 79.9. The van der Waals surface area contributed by atoms with Crippen molar-refractivity contribution in [3.05, 3.63) is 68.2 Å². The normalized spacial score (nSPS) is 13.5. The molecule has 2 aromatic rings. The average Bonchev–Trinajstić information content (AvgIpc) is 2.70. The fourth-order valence-electron chi connectivity index (χ4n) is 2.19. The number of imide groups is 1. The third-order valence-electron chi connectivity index (χ3n) is 3.15. The van der Waals surface area contributed by atoms with Crippen LogP contribution in [-0.2, 0) is 0 Å². The highest BCUT2D eigenvalue weighted by molar-refractivity contribution is 9.10. The first-order valence-corrected chi connectivity index (χ1v) is 6.71. The number of hydrogen-bond donors (Lipinski definition) is 0. The number of halogens is 1. The number of carbonyl (C=O) groups excluding carboxylic acids is 2. The highest BCUT2D eigenvalue weighted by Gasteiger charge is 2.37. The predicted octanol–water partition coefficient (Wildman–Crippen LogP) is 3.16. The number of hydrogen-bond acceptors (Lipinski definition) is 4. The summed E-state index contributed by atoms with van der Waals surface area (Å²) in [4.78, 5) is 35.9. The van der Waals surface area contributed by atoms with Crippen molar-refractivity contribution in [2.75, 3.05) is 4.90 Å². The van der Waals surface area contributed by atoms with E-state index in [1.807, 2.05) is 0 Å². The van der Waals surface area contributed by atoms with Crippen molar-refractivity contribution in [3.63, 3.8) is 0 Å². The summed E-state index contributed by atoms with van der Waals surface area (Å²) in [5, 5.41) is 10.8. The number of rotatable bonds is 2. The first-order chi connectivity index (χ1) is 9.99. The van der Waals surface area contributed by atoms with Crippen LogP contribution in [0.4, 0.5) is 11.4 Å². The van der Waals surface area contributed by atoms with Crippen molar-refractivity contribution < 1.29 is 14.5 Å². The zero-order valence-electron chi connectivity index (χ0n) is 10.4. The summed E-state index contributed by atoms with van der Waals surface area (Å²) in [6.45, 7) is 0. The molecule has 7 heteroatoms. The van der Waals surface area contributed by atoms with Crippen LogP contribution in [-0.4, -0.2) is 16.7 Å². The van der Waals surface area contributed by atoms with Crippen LogP contribution in [0.2, 0.25) is 0 Å². The van der Waals surface area contributed by atoms with E-state index in [0.29, 0.717) is 5.69 Å². The molecule has 0 N–H and O–H groups in total. The van der Waals surface area contributed by atoms with Crippen LogP contribution in [0, 0.1) is 10.1 Å². The Balaban J connectivity index is 2.10. The molecule has 0 aromatic heterocycles. The third kappa shape index (κ3) is 2.11. The monoisotopic (exact) mass is 346 g/mol. The molecule has 2 aromatic carbocycles. The number of fused-ring (bicyclic) bond motifs is 1. The highest BCUT2D eigenvalue weighted by Crippen LogP contribution is 2.31. The Labute approximate surface area is 127 Å². The SMILES string of the molecule is O=C1c2ccc([N+](=O)[O-])cc2C(=O)N1c1cccc(Br)c1. The van der Waals surface area contributed by atoms with E-state index in [1.165, 1.54) is 12.1 Å². The summed E-state index contributed by atoms with van der Waals surface area (Å²) in [5.41, 5.74) is 0.420. The second kappa shape index (κ2) is 4.78. The summed E-state index contributed by atoms with van der Waals surface area (Å²) < 4.78 is 0.725. The van der Waals surface area contributed by atoms with E-state index in [2.05, 4.69) is 15.9 Å². The van der Waals surface area contributed by atoms with Crippen molar-refractivity contribution in [2.24, 2.45) is 0 Å². The second-order valence-corrected chi connectivity index (χ2v) is 5.33. The van der Waals surface area contributed by atoms with Gasteiger partial charge in [-0.15, -0.1) is 0 Å². The molecule has 0 fully saturated rings. The first-order valence-electron chi connectivity index (χ1n) is 5.92. The van der Waals surface area contributed by atoms with E-state index in [1.54, 1.807) is 24.3 Å². The summed E-state index contributed by atoms with van der Waals surface area (Å²) in [7, 11) is 0. The Hall–Kier alpha value is -2.54. The minimum Gasteiger partial charge on any atom is -0.268 e. The molecule has 1 heterocycles. The molecule has 0 saturated carbocycles. The maximum Gasteiger partial charge on any atom is 0.270 e. The molecule has 21 heavy (non-hydrogen) atoms. The number of nitrogens with zero attached hydrogens (tertiary/aromatic N) is 2. The number of amides is 2. The maximum atomic E-state index is 12.4. The van der Waals surface area contributed by atoms with Crippen molar-refractivity contribution in [2.45, 2.75) is 0 Å². The molecular weight excluding hydrogens is 340 g/mol. The fourth-order valence-corrected chi connectivity index (χ4v) is 2.58. The van der Waals surface area contributed by atoms with Gasteiger partial charge in [-0.1, -0.05) is 22.0 Å². The minimum atomic E-state index is -0.597. The molecule has 1 aliphatic rings. The lowest BCUT2D eigenvalue weighted by atomic mass is 10.1. The Kier molecular flexibility index (Phi) is 3.06. The van der Waals surface area contributed by atoms with Crippen LogP contribution in [0.1, 0.15) is 20.7 Å². The molecule has 0 unspecified atom stereocenters. The summed E-state index contributed by atoms with van der Waals surface area (Å²) >= 11 is 3.28. The number of non-ortho nitro benzene ring substituents is 1. The number of nitro groups is 1. The molecule has 0 bridgehead atoms. The fraction of sp³-hybridized carbons (Fsp3) is 0. The van der Waals surface area contributed by atoms with Gasteiger partial charge in [0.15, 0.2) is 0 Å². The molecule has 3 rings (SSSR count). The molecule has 6 nitrogen and oxygen atoms in total. The van der Waals surface area contributed by atoms with Gasteiger partial charge in [-0.25, -0.2) is 4.90 Å². The maximum absolute atomic E-state index is 12.4. The molecule has 2 amide bonds. The average molecular weight is 347 g/mol. The Morgan fingerprint density at radius 1 is 1.00 bits per heavy atom. The Bertz CT molecular complexity index is 803. The standard InChI is InChI=1S/C14H7BrN2O4/c15-8-2-1-3-9(6-8)16-13(18)11-5-4-10(17(20)21)7-12(11)14(16)19/h1-7H. The van der Waals surface area contributed by atoms with E-state index in [9.17, 15) is 19.7 Å². The van der Waals surface area contributed by atoms with Gasteiger partial charge in [0, 0.05) is 16.6 Å². The van der Waals surface area contributed by atoms with Gasteiger partial charge in [0.05, 0.1) is 21.7 Å². The van der Waals surface area contributed by atoms with Crippen LogP contribution in [0.15, 0.2) is 46.9 Å². The van der Waals surface area contributed by atoms with Crippen molar-refractivity contribution >= 4 is 39.1 Å². The largest absolute Gasteiger partial charge is 0.270 e. The predicted molar refractivity (Wildman–Crippen MR) is 78.4 cm³/mol. The number of nitro benzene ring substituents is 1. The van der Waals surface area contributed by atoms with Gasteiger partial charge >= 0.3 is 0 Å². The van der Waals surface area contributed by atoms with Crippen LogP contribution in [0.25, 0.3) is 0 Å². The van der Waals surface area contributed by atoms with Crippen molar-refractivity contribution in [1.82, 2.24) is 0 Å². The molecule has 0 aliphatic carbocycles. The summed E-state index contributed by atoms with van der Waals surface area (Å²) in [5.74, 6) is -1.04. The lowest BCUT2D eigenvalue weighted by Gasteiger charge is -2.13. The number of anilines is 1. The molecule has 1 aliphatic heterocycles. The summed E-state index contributed by atoms with van der Waals surface area (Å²) in [6, 6.07) is 10.4. The van der Waals surface area contributed by atoms with Gasteiger partial charge in [0.25, 0.3) is 17.5 Å². The third-order valence-corrected chi connectivity index (χ3v) is 3.64. The van der Waals surface area contributed by atoms with E-state index >= 15 is 0 Å². The van der Waals surface area contributed by atoms with Gasteiger partial charge in [-0.05, 0) is 24.3 Å². The van der Waals surface area contributed by atoms with Crippen LogP contribution in [0.3, 0.4) is 0 Å². The van der Waals surface area contributed by atoms with E-state index in [4.69, 9.17) is 0 Å². The number of benzene rings is 2. The lowest BCUT2D eigenvalue weighted by molar-refractivity contribution is -0.384. The Morgan fingerprint density at radius 2 is 1.71 bits per heavy atom. The van der Waals surface area contributed by atoms with Gasteiger partial charge < -0.3 is 0 Å². The van der Waals surface area contributed by atoms with E-state index in [0.717, 1.165) is 15.4 Å². The minimum absolute atomic E-state index is 0.0502.